The smallest absolute Gasteiger partial charge is 0.233 e. The van der Waals surface area contributed by atoms with Crippen LogP contribution < -0.4 is 4.74 Å². The van der Waals surface area contributed by atoms with Crippen LogP contribution in [0.1, 0.15) is 13.8 Å². The third-order valence-electron chi connectivity index (χ3n) is 2.08. The summed E-state index contributed by atoms with van der Waals surface area (Å²) in [7, 11) is 1.68. The van der Waals surface area contributed by atoms with Gasteiger partial charge in [0.2, 0.25) is 9.05 Å². The number of hydrogen-bond donors (Lipinski definition) is 0. The summed E-state index contributed by atoms with van der Waals surface area (Å²) in [5.41, 5.74) is -0.586. The summed E-state index contributed by atoms with van der Waals surface area (Å²) < 4.78 is 28.5. The number of rotatable bonds is 5. The molecule has 0 aliphatic carbocycles. The lowest BCUT2D eigenvalue weighted by atomic mass is 9.98. The van der Waals surface area contributed by atoms with Gasteiger partial charge in [0.25, 0.3) is 0 Å². The Kier molecular flexibility index (Phi) is 5.35. The molecular formula is C11H13BrCl2O3S. The predicted octanol–water partition coefficient (Wildman–Crippen LogP) is 4.08. The van der Waals surface area contributed by atoms with Gasteiger partial charge in [-0.05, 0) is 18.2 Å². The van der Waals surface area contributed by atoms with Gasteiger partial charge < -0.3 is 4.74 Å². The molecule has 102 valence electrons. The molecule has 0 aliphatic heterocycles. The van der Waals surface area contributed by atoms with Crippen molar-refractivity contribution in [2.75, 3.05) is 12.4 Å². The van der Waals surface area contributed by atoms with Gasteiger partial charge in [-0.25, -0.2) is 8.42 Å². The minimum atomic E-state index is -3.55. The Morgan fingerprint density at radius 3 is 2.50 bits per heavy atom. The second kappa shape index (κ2) is 5.99. The summed E-state index contributed by atoms with van der Waals surface area (Å²) in [4.78, 5) is 0. The highest BCUT2D eigenvalue weighted by molar-refractivity contribution is 9.10. The molecule has 0 atom stereocenters. The lowest BCUT2D eigenvalue weighted by Gasteiger charge is -2.23. The molecule has 1 aromatic rings. The third kappa shape index (κ3) is 5.78. The second-order valence-electron chi connectivity index (χ2n) is 4.71. The van der Waals surface area contributed by atoms with Gasteiger partial charge in [-0.2, -0.15) is 0 Å². The van der Waals surface area contributed by atoms with Crippen molar-refractivity contribution in [1.82, 2.24) is 0 Å². The highest BCUT2D eigenvalue weighted by Gasteiger charge is 2.26. The van der Waals surface area contributed by atoms with Crippen molar-refractivity contribution in [3.8, 4) is 5.75 Å². The van der Waals surface area contributed by atoms with E-state index in [4.69, 9.17) is 27.0 Å². The largest absolute Gasteiger partial charge is 0.491 e. The average molecular weight is 376 g/mol. The second-order valence-corrected chi connectivity index (χ2v) is 8.81. The highest BCUT2D eigenvalue weighted by atomic mass is 79.9. The van der Waals surface area contributed by atoms with Crippen LogP contribution in [-0.4, -0.2) is 20.8 Å². The molecule has 0 N–H and O–H groups in total. The molecule has 0 fully saturated rings. The van der Waals surface area contributed by atoms with Crippen molar-refractivity contribution in [2.24, 2.45) is 5.41 Å². The van der Waals surface area contributed by atoms with Gasteiger partial charge in [0.1, 0.15) is 5.75 Å². The number of hydrogen-bond acceptors (Lipinski definition) is 3. The topological polar surface area (TPSA) is 43.4 Å². The van der Waals surface area contributed by atoms with Crippen molar-refractivity contribution < 1.29 is 13.2 Å². The maximum absolute atomic E-state index is 11.0. The van der Waals surface area contributed by atoms with E-state index in [1.165, 1.54) is 0 Å². The minimum absolute atomic E-state index is 0.157. The van der Waals surface area contributed by atoms with E-state index in [1.54, 1.807) is 32.0 Å². The van der Waals surface area contributed by atoms with Gasteiger partial charge in [-0.3, -0.25) is 0 Å². The first kappa shape index (κ1) is 16.1. The number of ether oxygens (including phenoxy) is 1. The standard InChI is InChI=1S/C11H13BrCl2O3S/c1-11(2,7-18(14,15)16)6-17-10-4-3-8(12)5-9(10)13/h3-5H,6-7H2,1-2H3. The van der Waals surface area contributed by atoms with E-state index in [2.05, 4.69) is 15.9 Å². The summed E-state index contributed by atoms with van der Waals surface area (Å²) >= 11 is 9.28. The Bertz CT molecular complexity index is 529. The zero-order valence-electron chi connectivity index (χ0n) is 9.91. The number of benzene rings is 1. The fourth-order valence-corrected chi connectivity index (χ4v) is 4.00. The fourth-order valence-electron chi connectivity index (χ4n) is 1.37. The van der Waals surface area contributed by atoms with Gasteiger partial charge in [0.05, 0.1) is 17.4 Å². The summed E-state index contributed by atoms with van der Waals surface area (Å²) in [6.07, 6.45) is 0. The van der Waals surface area contributed by atoms with Crippen LogP contribution in [-0.2, 0) is 9.05 Å². The van der Waals surface area contributed by atoms with Gasteiger partial charge in [0, 0.05) is 20.6 Å². The van der Waals surface area contributed by atoms with E-state index in [-0.39, 0.29) is 12.4 Å². The minimum Gasteiger partial charge on any atom is -0.491 e. The van der Waals surface area contributed by atoms with Gasteiger partial charge in [-0.1, -0.05) is 41.4 Å². The summed E-state index contributed by atoms with van der Waals surface area (Å²) in [6, 6.07) is 5.23. The molecule has 0 aromatic heterocycles. The Morgan fingerprint density at radius 1 is 1.39 bits per heavy atom. The Labute approximate surface area is 125 Å². The Morgan fingerprint density at radius 2 is 2.00 bits per heavy atom. The van der Waals surface area contributed by atoms with Crippen LogP contribution in [0, 0.1) is 5.41 Å². The molecular weight excluding hydrogens is 363 g/mol. The molecule has 0 aliphatic rings. The molecule has 18 heavy (non-hydrogen) atoms. The maximum atomic E-state index is 11.0. The zero-order valence-corrected chi connectivity index (χ0v) is 13.8. The zero-order chi connectivity index (χ0) is 14.0. The number of halogens is 3. The monoisotopic (exact) mass is 374 g/mol. The lowest BCUT2D eigenvalue weighted by molar-refractivity contribution is 0.200. The molecule has 1 aromatic carbocycles. The predicted molar refractivity (Wildman–Crippen MR) is 78.1 cm³/mol. The van der Waals surface area contributed by atoms with E-state index in [0.29, 0.717) is 10.8 Å². The molecule has 3 nitrogen and oxygen atoms in total. The fraction of sp³-hybridized carbons (Fsp3) is 0.455. The molecule has 0 heterocycles. The molecule has 0 saturated heterocycles. The quantitative estimate of drug-likeness (QED) is 0.728. The SMILES string of the molecule is CC(C)(COc1ccc(Br)cc1Cl)CS(=O)(=O)Cl. The van der Waals surface area contributed by atoms with Crippen LogP contribution in [0.2, 0.25) is 5.02 Å². The molecule has 0 unspecified atom stereocenters. The summed E-state index contributed by atoms with van der Waals surface area (Å²) in [5, 5.41) is 0.467. The summed E-state index contributed by atoms with van der Waals surface area (Å²) in [6.45, 7) is 3.74. The van der Waals surface area contributed by atoms with E-state index in [9.17, 15) is 8.42 Å². The van der Waals surface area contributed by atoms with Crippen molar-refractivity contribution >= 4 is 47.3 Å². The van der Waals surface area contributed by atoms with Crippen LogP contribution in [0.25, 0.3) is 0 Å². The Hall–Kier alpha value is 0.0300. The van der Waals surface area contributed by atoms with Gasteiger partial charge in [-0.15, -0.1) is 0 Å². The summed E-state index contributed by atoms with van der Waals surface area (Å²) in [5.74, 6) is 0.357. The molecule has 0 radical (unpaired) electrons. The third-order valence-corrected chi connectivity index (χ3v) is 4.32. The van der Waals surface area contributed by atoms with Crippen molar-refractivity contribution in [2.45, 2.75) is 13.8 Å². The van der Waals surface area contributed by atoms with E-state index >= 15 is 0 Å². The first-order valence-electron chi connectivity index (χ1n) is 5.09. The highest BCUT2D eigenvalue weighted by Crippen LogP contribution is 2.29. The van der Waals surface area contributed by atoms with Gasteiger partial charge in [0.15, 0.2) is 0 Å². The first-order chi connectivity index (χ1) is 8.09. The Balaban J connectivity index is 2.70. The van der Waals surface area contributed by atoms with E-state index in [1.807, 2.05) is 0 Å². The van der Waals surface area contributed by atoms with E-state index in [0.717, 1.165) is 4.47 Å². The first-order valence-corrected chi connectivity index (χ1v) is 8.74. The van der Waals surface area contributed by atoms with Crippen molar-refractivity contribution in [3.63, 3.8) is 0 Å². The van der Waals surface area contributed by atoms with Gasteiger partial charge >= 0.3 is 0 Å². The van der Waals surface area contributed by atoms with E-state index < -0.39 is 14.5 Å². The average Bonchev–Trinajstić information content (AvgIpc) is 2.12. The molecule has 0 amide bonds. The van der Waals surface area contributed by atoms with Crippen LogP contribution >= 0.6 is 38.2 Å². The van der Waals surface area contributed by atoms with Crippen LogP contribution in [0.4, 0.5) is 0 Å². The van der Waals surface area contributed by atoms with Crippen LogP contribution in [0.5, 0.6) is 5.75 Å². The van der Waals surface area contributed by atoms with Crippen LogP contribution in [0.15, 0.2) is 22.7 Å². The molecule has 0 saturated carbocycles. The normalized spacial score (nSPS) is 12.5. The molecule has 0 bridgehead atoms. The molecule has 7 heteroatoms. The maximum Gasteiger partial charge on any atom is 0.233 e. The van der Waals surface area contributed by atoms with Crippen molar-refractivity contribution in [3.05, 3.63) is 27.7 Å². The van der Waals surface area contributed by atoms with Crippen LogP contribution in [0.3, 0.4) is 0 Å². The molecule has 0 spiro atoms. The lowest BCUT2D eigenvalue weighted by Crippen LogP contribution is -2.28. The van der Waals surface area contributed by atoms with Crippen molar-refractivity contribution in [1.29, 1.82) is 0 Å². The molecule has 1 rings (SSSR count).